The standard InChI is InChI=1S/C18H29NO/c1-16-10-13-19(14-11-16)12-6-3-7-15-20-18-9-5-4-8-17(18)2/h4-5,8-9,16H,3,6-7,10-15H2,1-2H3. The van der Waals surface area contributed by atoms with Gasteiger partial charge >= 0.3 is 0 Å². The van der Waals surface area contributed by atoms with Gasteiger partial charge in [0.05, 0.1) is 6.61 Å². The lowest BCUT2D eigenvalue weighted by Crippen LogP contribution is -2.33. The molecular formula is C18H29NO. The van der Waals surface area contributed by atoms with E-state index in [1.807, 2.05) is 6.07 Å². The van der Waals surface area contributed by atoms with Crippen molar-refractivity contribution in [2.24, 2.45) is 5.92 Å². The van der Waals surface area contributed by atoms with Crippen LogP contribution in [0.25, 0.3) is 0 Å². The molecule has 2 rings (SSSR count). The molecule has 1 aromatic carbocycles. The normalized spacial score (nSPS) is 17.3. The maximum Gasteiger partial charge on any atom is 0.122 e. The number of benzene rings is 1. The fourth-order valence-corrected chi connectivity index (χ4v) is 2.80. The van der Waals surface area contributed by atoms with Crippen molar-refractivity contribution in [1.82, 2.24) is 4.90 Å². The molecule has 1 fully saturated rings. The van der Waals surface area contributed by atoms with Gasteiger partial charge in [0, 0.05) is 0 Å². The number of para-hydroxylation sites is 1. The summed E-state index contributed by atoms with van der Waals surface area (Å²) in [6.45, 7) is 9.22. The molecule has 0 spiro atoms. The number of hydrogen-bond acceptors (Lipinski definition) is 2. The minimum Gasteiger partial charge on any atom is -0.493 e. The number of rotatable bonds is 7. The fraction of sp³-hybridized carbons (Fsp3) is 0.667. The number of ether oxygens (including phenoxy) is 1. The molecule has 2 nitrogen and oxygen atoms in total. The second-order valence-corrected chi connectivity index (χ2v) is 6.20. The Bertz CT molecular complexity index is 383. The van der Waals surface area contributed by atoms with Crippen molar-refractivity contribution in [1.29, 1.82) is 0 Å². The van der Waals surface area contributed by atoms with Crippen LogP contribution in [0.3, 0.4) is 0 Å². The molecule has 0 N–H and O–H groups in total. The van der Waals surface area contributed by atoms with Gasteiger partial charge < -0.3 is 9.64 Å². The van der Waals surface area contributed by atoms with E-state index >= 15 is 0 Å². The van der Waals surface area contributed by atoms with Crippen molar-refractivity contribution in [3.05, 3.63) is 29.8 Å². The molecule has 1 saturated heterocycles. The Hall–Kier alpha value is -1.02. The largest absolute Gasteiger partial charge is 0.493 e. The van der Waals surface area contributed by atoms with Gasteiger partial charge in [-0.3, -0.25) is 0 Å². The topological polar surface area (TPSA) is 12.5 Å². The summed E-state index contributed by atoms with van der Waals surface area (Å²) in [6.07, 6.45) is 6.52. The molecule has 0 atom stereocenters. The van der Waals surface area contributed by atoms with Gasteiger partial charge in [0.15, 0.2) is 0 Å². The SMILES string of the molecule is Cc1ccccc1OCCCCCN1CCC(C)CC1. The maximum absolute atomic E-state index is 5.83. The van der Waals surface area contributed by atoms with Crippen LogP contribution in [0, 0.1) is 12.8 Å². The Morgan fingerprint density at radius 2 is 1.85 bits per heavy atom. The van der Waals surface area contributed by atoms with Crippen LogP contribution in [0.1, 0.15) is 44.6 Å². The third-order valence-electron chi connectivity index (χ3n) is 4.35. The van der Waals surface area contributed by atoms with Gasteiger partial charge in [0.25, 0.3) is 0 Å². The summed E-state index contributed by atoms with van der Waals surface area (Å²) in [5.74, 6) is 1.98. The number of likely N-dealkylation sites (tertiary alicyclic amines) is 1. The van der Waals surface area contributed by atoms with Gasteiger partial charge in [0.2, 0.25) is 0 Å². The molecule has 1 aliphatic rings. The van der Waals surface area contributed by atoms with Crippen LogP contribution < -0.4 is 4.74 Å². The first-order chi connectivity index (χ1) is 9.75. The minimum absolute atomic E-state index is 0.849. The van der Waals surface area contributed by atoms with Crippen molar-refractivity contribution in [2.45, 2.75) is 46.0 Å². The lowest BCUT2D eigenvalue weighted by Gasteiger charge is -2.30. The molecule has 0 saturated carbocycles. The Balaban J connectivity index is 1.51. The Morgan fingerprint density at radius 1 is 1.10 bits per heavy atom. The van der Waals surface area contributed by atoms with Gasteiger partial charge in [-0.15, -0.1) is 0 Å². The quantitative estimate of drug-likeness (QED) is 0.689. The molecule has 112 valence electrons. The first-order valence-electron chi connectivity index (χ1n) is 8.16. The summed E-state index contributed by atoms with van der Waals surface area (Å²) in [5.41, 5.74) is 1.23. The summed E-state index contributed by atoms with van der Waals surface area (Å²) in [4.78, 5) is 2.63. The second kappa shape index (κ2) is 8.31. The zero-order valence-corrected chi connectivity index (χ0v) is 13.1. The minimum atomic E-state index is 0.849. The summed E-state index contributed by atoms with van der Waals surface area (Å²) in [5, 5.41) is 0. The van der Waals surface area contributed by atoms with E-state index in [4.69, 9.17) is 4.74 Å². The molecule has 0 aromatic heterocycles. The Labute approximate surface area is 124 Å². The van der Waals surface area contributed by atoms with E-state index in [0.717, 1.165) is 18.3 Å². The highest BCUT2D eigenvalue weighted by Gasteiger charge is 2.14. The number of unbranched alkanes of at least 4 members (excludes halogenated alkanes) is 2. The smallest absolute Gasteiger partial charge is 0.122 e. The molecule has 0 radical (unpaired) electrons. The summed E-state index contributed by atoms with van der Waals surface area (Å²) in [7, 11) is 0. The number of aryl methyl sites for hydroxylation is 1. The number of piperidine rings is 1. The molecule has 1 heterocycles. The van der Waals surface area contributed by atoms with E-state index in [1.54, 1.807) is 0 Å². The van der Waals surface area contributed by atoms with E-state index in [0.29, 0.717) is 0 Å². The van der Waals surface area contributed by atoms with Crippen LogP contribution in [-0.2, 0) is 0 Å². The van der Waals surface area contributed by atoms with E-state index in [2.05, 4.69) is 36.9 Å². The van der Waals surface area contributed by atoms with Crippen LogP contribution in [0.2, 0.25) is 0 Å². The first kappa shape index (κ1) is 15.4. The summed E-state index contributed by atoms with van der Waals surface area (Å²) in [6, 6.07) is 8.26. The van der Waals surface area contributed by atoms with Crippen molar-refractivity contribution in [3.63, 3.8) is 0 Å². The van der Waals surface area contributed by atoms with Crippen LogP contribution in [-0.4, -0.2) is 31.1 Å². The van der Waals surface area contributed by atoms with Gasteiger partial charge in [-0.25, -0.2) is 0 Å². The number of nitrogens with zero attached hydrogens (tertiary/aromatic N) is 1. The molecule has 0 aliphatic carbocycles. The van der Waals surface area contributed by atoms with E-state index in [-0.39, 0.29) is 0 Å². The van der Waals surface area contributed by atoms with Crippen molar-refractivity contribution in [2.75, 3.05) is 26.2 Å². The van der Waals surface area contributed by atoms with Crippen LogP contribution in [0.5, 0.6) is 5.75 Å². The van der Waals surface area contributed by atoms with Crippen LogP contribution >= 0.6 is 0 Å². The van der Waals surface area contributed by atoms with Gasteiger partial charge in [0.1, 0.15) is 5.75 Å². The highest BCUT2D eigenvalue weighted by molar-refractivity contribution is 5.31. The predicted octanol–water partition coefficient (Wildman–Crippen LogP) is 4.28. The molecule has 20 heavy (non-hydrogen) atoms. The van der Waals surface area contributed by atoms with E-state index in [1.165, 1.54) is 57.3 Å². The Morgan fingerprint density at radius 3 is 2.60 bits per heavy atom. The van der Waals surface area contributed by atoms with Crippen LogP contribution in [0.4, 0.5) is 0 Å². The lowest BCUT2D eigenvalue weighted by molar-refractivity contribution is 0.187. The Kier molecular flexibility index (Phi) is 6.38. The molecule has 1 aliphatic heterocycles. The van der Waals surface area contributed by atoms with Gasteiger partial charge in [-0.1, -0.05) is 25.1 Å². The zero-order valence-electron chi connectivity index (χ0n) is 13.1. The highest BCUT2D eigenvalue weighted by Crippen LogP contribution is 2.18. The summed E-state index contributed by atoms with van der Waals surface area (Å²) >= 11 is 0. The molecule has 0 unspecified atom stereocenters. The van der Waals surface area contributed by atoms with Gasteiger partial charge in [-0.2, -0.15) is 0 Å². The average Bonchev–Trinajstić information content (AvgIpc) is 2.46. The third kappa shape index (κ3) is 5.16. The number of hydrogen-bond donors (Lipinski definition) is 0. The van der Waals surface area contributed by atoms with Crippen LogP contribution in [0.15, 0.2) is 24.3 Å². The first-order valence-corrected chi connectivity index (χ1v) is 8.16. The molecule has 1 aromatic rings. The molecule has 0 amide bonds. The molecule has 0 bridgehead atoms. The van der Waals surface area contributed by atoms with Crippen molar-refractivity contribution in [3.8, 4) is 5.75 Å². The lowest BCUT2D eigenvalue weighted by atomic mass is 9.99. The zero-order chi connectivity index (χ0) is 14.2. The molecular weight excluding hydrogens is 246 g/mol. The fourth-order valence-electron chi connectivity index (χ4n) is 2.80. The molecule has 2 heteroatoms. The highest BCUT2D eigenvalue weighted by atomic mass is 16.5. The van der Waals surface area contributed by atoms with Gasteiger partial charge in [-0.05, 0) is 76.2 Å². The second-order valence-electron chi connectivity index (χ2n) is 6.20. The average molecular weight is 275 g/mol. The predicted molar refractivity (Wildman–Crippen MR) is 85.4 cm³/mol. The monoisotopic (exact) mass is 275 g/mol. The maximum atomic E-state index is 5.83. The van der Waals surface area contributed by atoms with Crippen molar-refractivity contribution >= 4 is 0 Å². The van der Waals surface area contributed by atoms with Crippen molar-refractivity contribution < 1.29 is 4.74 Å². The van der Waals surface area contributed by atoms with E-state index in [9.17, 15) is 0 Å². The third-order valence-corrected chi connectivity index (χ3v) is 4.35. The van der Waals surface area contributed by atoms with E-state index < -0.39 is 0 Å². The summed E-state index contributed by atoms with van der Waals surface area (Å²) < 4.78 is 5.83.